The van der Waals surface area contributed by atoms with Crippen LogP contribution in [0.4, 0.5) is 5.69 Å². The van der Waals surface area contributed by atoms with Crippen LogP contribution >= 0.6 is 0 Å². The Balaban J connectivity index is 1.46. The summed E-state index contributed by atoms with van der Waals surface area (Å²) < 4.78 is 29.7. The highest BCUT2D eigenvalue weighted by Gasteiger charge is 2.47. The maximum Gasteiger partial charge on any atom is 0.274 e. The Morgan fingerprint density at radius 3 is 2.00 bits per heavy atom. The fourth-order valence-corrected chi connectivity index (χ4v) is 4.21. The number of aliphatic hydroxyl groups is 1. The fourth-order valence-electron chi connectivity index (χ4n) is 4.21. The van der Waals surface area contributed by atoms with E-state index < -0.39 is 35.6 Å². The van der Waals surface area contributed by atoms with Gasteiger partial charge in [-0.15, -0.1) is 0 Å². The molecule has 4 rings (SSSR count). The quantitative estimate of drug-likeness (QED) is 0.288. The van der Waals surface area contributed by atoms with Gasteiger partial charge in [0.25, 0.3) is 5.69 Å². The minimum atomic E-state index is -1.10. The summed E-state index contributed by atoms with van der Waals surface area (Å²) in [5.41, 5.74) is 2.31. The van der Waals surface area contributed by atoms with Crippen molar-refractivity contribution in [3.63, 3.8) is 0 Å². The summed E-state index contributed by atoms with van der Waals surface area (Å²) >= 11 is 0. The number of aliphatic hydroxyl groups excluding tert-OH is 1. The molecule has 1 saturated heterocycles. The predicted molar refractivity (Wildman–Crippen MR) is 134 cm³/mol. The average molecular weight is 510 g/mol. The number of para-hydroxylation sites is 1. The zero-order chi connectivity index (χ0) is 26.0. The molecular formula is C28H31NO8. The van der Waals surface area contributed by atoms with Crippen molar-refractivity contribution >= 4 is 5.69 Å². The second-order valence-corrected chi connectivity index (χ2v) is 8.69. The number of nitro benzene ring substituents is 1. The topological polar surface area (TPSA) is 110 Å². The maximum absolute atomic E-state index is 11.3. The van der Waals surface area contributed by atoms with E-state index in [4.69, 9.17) is 23.7 Å². The first-order valence-electron chi connectivity index (χ1n) is 12.0. The summed E-state index contributed by atoms with van der Waals surface area (Å²) in [6.07, 6.45) is -4.21. The number of hydrogen-bond acceptors (Lipinski definition) is 8. The third-order valence-corrected chi connectivity index (χ3v) is 6.15. The molecule has 9 heteroatoms. The van der Waals surface area contributed by atoms with Gasteiger partial charge in [0.05, 0.1) is 36.9 Å². The van der Waals surface area contributed by atoms with Gasteiger partial charge in [0.2, 0.25) is 0 Å². The highest BCUT2D eigenvalue weighted by atomic mass is 16.7. The van der Waals surface area contributed by atoms with Gasteiger partial charge in [-0.3, -0.25) is 10.1 Å². The lowest BCUT2D eigenvalue weighted by atomic mass is 9.98. The molecule has 3 aromatic carbocycles. The average Bonchev–Trinajstić information content (AvgIpc) is 2.93. The second kappa shape index (κ2) is 13.4. The number of ether oxygens (including phenoxy) is 5. The fraction of sp³-hybridized carbons (Fsp3) is 0.357. The van der Waals surface area contributed by atoms with Gasteiger partial charge in [-0.25, -0.2) is 0 Å². The van der Waals surface area contributed by atoms with Gasteiger partial charge in [-0.05, 0) is 17.2 Å². The molecule has 9 nitrogen and oxygen atoms in total. The van der Waals surface area contributed by atoms with Crippen molar-refractivity contribution in [3.8, 4) is 0 Å². The van der Waals surface area contributed by atoms with Gasteiger partial charge in [0.1, 0.15) is 24.4 Å². The Kier molecular flexibility index (Phi) is 9.72. The zero-order valence-electron chi connectivity index (χ0n) is 20.6. The molecule has 0 spiro atoms. The Labute approximate surface area is 215 Å². The van der Waals surface area contributed by atoms with Gasteiger partial charge >= 0.3 is 0 Å². The van der Waals surface area contributed by atoms with Crippen molar-refractivity contribution in [2.24, 2.45) is 0 Å². The van der Waals surface area contributed by atoms with Crippen LogP contribution in [-0.2, 0) is 43.5 Å². The lowest BCUT2D eigenvalue weighted by Gasteiger charge is -2.43. The zero-order valence-corrected chi connectivity index (χ0v) is 20.6. The lowest BCUT2D eigenvalue weighted by Crippen LogP contribution is -2.60. The molecule has 37 heavy (non-hydrogen) atoms. The number of nitro groups is 1. The summed E-state index contributed by atoms with van der Waals surface area (Å²) in [6, 6.07) is 25.7. The molecule has 0 unspecified atom stereocenters. The standard InChI is InChI=1S/C28H31NO8/c1-33-28-27(36-17-21-12-6-3-7-13-21)26(35-16-20-10-4-2-5-11-20)25(30)24(37-28)19-34-18-22-14-8-9-15-23(22)29(31)32/h2-15,24-28,30H,16-19H2,1H3/t24-,25-,26+,27-,28+/m1/s1. The van der Waals surface area contributed by atoms with Crippen LogP contribution in [0.5, 0.6) is 0 Å². The van der Waals surface area contributed by atoms with E-state index >= 15 is 0 Å². The molecule has 0 aliphatic carbocycles. The van der Waals surface area contributed by atoms with Crippen LogP contribution in [0.1, 0.15) is 16.7 Å². The van der Waals surface area contributed by atoms with E-state index in [1.54, 1.807) is 18.2 Å². The molecule has 1 N–H and O–H groups in total. The molecule has 0 aromatic heterocycles. The van der Waals surface area contributed by atoms with Crippen molar-refractivity contribution in [2.45, 2.75) is 50.5 Å². The third kappa shape index (κ3) is 7.20. The Hall–Kier alpha value is -3.18. The van der Waals surface area contributed by atoms with Gasteiger partial charge in [0, 0.05) is 13.2 Å². The first kappa shape index (κ1) is 26.9. The molecule has 196 valence electrons. The highest BCUT2D eigenvalue weighted by Crippen LogP contribution is 2.29. The number of rotatable bonds is 12. The van der Waals surface area contributed by atoms with Gasteiger partial charge in [-0.1, -0.05) is 72.8 Å². The Morgan fingerprint density at radius 2 is 1.41 bits per heavy atom. The predicted octanol–water partition coefficient (Wildman–Crippen LogP) is 4.01. The largest absolute Gasteiger partial charge is 0.387 e. The van der Waals surface area contributed by atoms with Gasteiger partial charge < -0.3 is 28.8 Å². The SMILES string of the molecule is CO[C@H]1O[C@H](COCc2ccccc2[N+](=O)[O-])[C@@H](O)[C@H](OCc2ccccc2)[C@H]1OCc1ccccc1. The molecular weight excluding hydrogens is 478 g/mol. The summed E-state index contributed by atoms with van der Waals surface area (Å²) in [5.74, 6) is 0. The third-order valence-electron chi connectivity index (χ3n) is 6.15. The van der Waals surface area contributed by atoms with Crippen molar-refractivity contribution < 1.29 is 33.7 Å². The number of hydrogen-bond donors (Lipinski definition) is 1. The van der Waals surface area contributed by atoms with Crippen molar-refractivity contribution in [3.05, 3.63) is 112 Å². The maximum atomic E-state index is 11.3. The van der Waals surface area contributed by atoms with E-state index in [1.165, 1.54) is 13.2 Å². The van der Waals surface area contributed by atoms with E-state index in [1.807, 2.05) is 60.7 Å². The summed E-state index contributed by atoms with van der Waals surface area (Å²) in [5, 5.41) is 22.5. The van der Waals surface area contributed by atoms with E-state index in [2.05, 4.69) is 0 Å². The number of benzene rings is 3. The van der Waals surface area contributed by atoms with E-state index in [0.29, 0.717) is 5.56 Å². The van der Waals surface area contributed by atoms with Crippen LogP contribution < -0.4 is 0 Å². The van der Waals surface area contributed by atoms with E-state index in [9.17, 15) is 15.2 Å². The Morgan fingerprint density at radius 1 is 0.838 bits per heavy atom. The minimum absolute atomic E-state index is 0.00907. The molecule has 1 aliphatic rings. The summed E-state index contributed by atoms with van der Waals surface area (Å²) in [6.45, 7) is 0.508. The van der Waals surface area contributed by atoms with Crippen LogP contribution in [0.15, 0.2) is 84.9 Å². The molecule has 1 heterocycles. The second-order valence-electron chi connectivity index (χ2n) is 8.69. The summed E-state index contributed by atoms with van der Waals surface area (Å²) in [4.78, 5) is 10.8. The van der Waals surface area contributed by atoms with Crippen molar-refractivity contribution in [2.75, 3.05) is 13.7 Å². The molecule has 0 bridgehead atoms. The molecule has 0 radical (unpaired) electrons. The molecule has 0 saturated carbocycles. The smallest absolute Gasteiger partial charge is 0.274 e. The highest BCUT2D eigenvalue weighted by molar-refractivity contribution is 5.39. The molecule has 1 aliphatic heterocycles. The van der Waals surface area contributed by atoms with Gasteiger partial charge in [0.15, 0.2) is 6.29 Å². The van der Waals surface area contributed by atoms with Crippen LogP contribution in [-0.4, -0.2) is 54.5 Å². The molecule has 5 atom stereocenters. The van der Waals surface area contributed by atoms with E-state index in [-0.39, 0.29) is 32.1 Å². The van der Waals surface area contributed by atoms with Crippen molar-refractivity contribution in [1.29, 1.82) is 0 Å². The van der Waals surface area contributed by atoms with Crippen molar-refractivity contribution in [1.82, 2.24) is 0 Å². The lowest BCUT2D eigenvalue weighted by molar-refractivity contribution is -0.386. The molecule has 3 aromatic rings. The first-order chi connectivity index (χ1) is 18.1. The summed E-state index contributed by atoms with van der Waals surface area (Å²) in [7, 11) is 1.50. The van der Waals surface area contributed by atoms with Gasteiger partial charge in [-0.2, -0.15) is 0 Å². The molecule has 1 fully saturated rings. The van der Waals surface area contributed by atoms with E-state index in [0.717, 1.165) is 11.1 Å². The number of nitrogens with zero attached hydrogens (tertiary/aromatic N) is 1. The van der Waals surface area contributed by atoms with Crippen LogP contribution in [0.2, 0.25) is 0 Å². The number of methoxy groups -OCH3 is 1. The van der Waals surface area contributed by atoms with Crippen LogP contribution in [0.25, 0.3) is 0 Å². The minimum Gasteiger partial charge on any atom is -0.387 e. The Bertz CT molecular complexity index is 1110. The molecule has 0 amide bonds. The van der Waals surface area contributed by atoms with Crippen LogP contribution in [0, 0.1) is 10.1 Å². The first-order valence-corrected chi connectivity index (χ1v) is 12.0. The normalized spacial score (nSPS) is 23.6. The van der Waals surface area contributed by atoms with Crippen LogP contribution in [0.3, 0.4) is 0 Å². The monoisotopic (exact) mass is 509 g/mol.